The molecule has 20 heteroatoms. The SMILES string of the molecule is CCCCCCOC(=O)/N=C(/N)c1ccc(NCc2nc3cc(C(=O)N(CCC(=O)OCC)c4ccccn4)ccc3n2C)cc1.O=C(O)CCC(=O)O.O=C(O)CCC(=O)O. The summed E-state index contributed by atoms with van der Waals surface area (Å²) in [4.78, 5) is 90.6. The van der Waals surface area contributed by atoms with Crippen LogP contribution in [0.25, 0.3) is 11.0 Å². The number of unbranched alkanes of at least 4 members (excludes halogenated alkanes) is 3. The predicted octanol–water partition coefficient (Wildman–Crippen LogP) is 5.47. The summed E-state index contributed by atoms with van der Waals surface area (Å²) in [7, 11) is 1.91. The molecule has 0 saturated heterocycles. The number of hydrogen-bond acceptors (Lipinski definition) is 12. The standard InChI is InChI=1S/C34H41N7O5.2C4H6O4/c1-4-6-7-10-21-46-34(44)39-32(35)24-12-15-26(16-13-24)37-23-30-38-27-22-25(14-17-28(27)40(30)3)33(43)41(20-18-31(42)45-5-2)29-11-8-9-19-36-29;2*5-3(6)1-2-4(7)8/h8-9,11-17,19,22,37H,4-7,10,18,20-21,23H2,1-3H3,(H2,35,39,44);2*1-2H2,(H,5,6)(H,7,8). The van der Waals surface area contributed by atoms with Gasteiger partial charge in [0.2, 0.25) is 0 Å². The van der Waals surface area contributed by atoms with Crippen LogP contribution in [-0.2, 0) is 47.0 Å². The molecule has 0 fully saturated rings. The number of nitrogens with one attached hydrogen (secondary N) is 1. The van der Waals surface area contributed by atoms with E-state index in [4.69, 9.17) is 40.6 Å². The maximum absolute atomic E-state index is 13.6. The number of benzene rings is 2. The maximum Gasteiger partial charge on any atom is 0.435 e. The molecule has 2 aromatic carbocycles. The summed E-state index contributed by atoms with van der Waals surface area (Å²) in [5.41, 5.74) is 9.40. The monoisotopic (exact) mass is 863 g/mol. The number of imidazole rings is 1. The molecule has 0 bridgehead atoms. The van der Waals surface area contributed by atoms with Crippen LogP contribution in [0.4, 0.5) is 16.3 Å². The predicted molar refractivity (Wildman–Crippen MR) is 227 cm³/mol. The van der Waals surface area contributed by atoms with Crippen molar-refractivity contribution in [1.82, 2.24) is 14.5 Å². The Hall–Kier alpha value is -7.38. The molecule has 0 unspecified atom stereocenters. The van der Waals surface area contributed by atoms with E-state index in [1.54, 1.807) is 55.6 Å². The van der Waals surface area contributed by atoms with Gasteiger partial charge in [0, 0.05) is 36.6 Å². The van der Waals surface area contributed by atoms with Gasteiger partial charge in [-0.1, -0.05) is 32.3 Å². The van der Waals surface area contributed by atoms with Crippen molar-refractivity contribution in [1.29, 1.82) is 0 Å². The number of nitrogens with zero attached hydrogens (tertiary/aromatic N) is 5. The Morgan fingerprint density at radius 3 is 1.94 bits per heavy atom. The second kappa shape index (κ2) is 27.4. The quantitative estimate of drug-likeness (QED) is 0.0262. The minimum absolute atomic E-state index is 0.0455. The first kappa shape index (κ1) is 50.8. The topological polar surface area (TPSA) is 303 Å². The first-order chi connectivity index (χ1) is 29.6. The van der Waals surface area contributed by atoms with Gasteiger partial charge in [-0.3, -0.25) is 33.7 Å². The molecule has 62 heavy (non-hydrogen) atoms. The van der Waals surface area contributed by atoms with Crippen LogP contribution in [-0.4, -0.2) is 102 Å². The van der Waals surface area contributed by atoms with Crippen LogP contribution in [0, 0.1) is 0 Å². The van der Waals surface area contributed by atoms with Crippen molar-refractivity contribution in [3.63, 3.8) is 0 Å². The Morgan fingerprint density at radius 1 is 0.774 bits per heavy atom. The van der Waals surface area contributed by atoms with Gasteiger partial charge < -0.3 is 45.5 Å². The Morgan fingerprint density at radius 2 is 1.39 bits per heavy atom. The fraction of sp³-hybridized carbons (Fsp3) is 0.381. The van der Waals surface area contributed by atoms with E-state index in [0.29, 0.717) is 35.6 Å². The lowest BCUT2D eigenvalue weighted by Crippen LogP contribution is -2.34. The lowest BCUT2D eigenvalue weighted by atomic mass is 10.1. The molecule has 0 aliphatic rings. The third kappa shape index (κ3) is 19.1. The summed E-state index contributed by atoms with van der Waals surface area (Å²) in [6.07, 6.45) is 3.81. The van der Waals surface area contributed by atoms with Crippen LogP contribution < -0.4 is 16.0 Å². The van der Waals surface area contributed by atoms with E-state index in [0.717, 1.165) is 42.7 Å². The van der Waals surface area contributed by atoms with Crippen LogP contribution in [0.15, 0.2) is 71.9 Å². The molecule has 0 aliphatic carbocycles. The number of hydrogen-bond donors (Lipinski definition) is 6. The molecule has 7 N–H and O–H groups in total. The van der Waals surface area contributed by atoms with E-state index in [-0.39, 0.29) is 63.0 Å². The molecule has 20 nitrogen and oxygen atoms in total. The molecule has 4 aromatic rings. The second-order valence-electron chi connectivity index (χ2n) is 13.2. The number of anilines is 2. The Balaban J connectivity index is 0.000000698. The molecular formula is C42H53N7O13. The highest BCUT2D eigenvalue weighted by Crippen LogP contribution is 2.21. The first-order valence-electron chi connectivity index (χ1n) is 19.6. The Bertz CT molecular complexity index is 2080. The van der Waals surface area contributed by atoms with Crippen molar-refractivity contribution in [3.8, 4) is 0 Å². The van der Waals surface area contributed by atoms with E-state index in [1.165, 1.54) is 4.90 Å². The van der Waals surface area contributed by atoms with Crippen molar-refractivity contribution in [2.45, 2.75) is 78.2 Å². The van der Waals surface area contributed by atoms with E-state index in [2.05, 4.69) is 22.2 Å². The lowest BCUT2D eigenvalue weighted by Gasteiger charge is -2.21. The zero-order valence-electron chi connectivity index (χ0n) is 34.8. The molecule has 2 heterocycles. The molecular weight excluding hydrogens is 810 g/mol. The number of nitrogens with two attached hydrogens (primary N) is 1. The summed E-state index contributed by atoms with van der Waals surface area (Å²) >= 11 is 0. The largest absolute Gasteiger partial charge is 0.481 e. The number of fused-ring (bicyclic) bond motifs is 1. The fourth-order valence-electron chi connectivity index (χ4n) is 5.22. The molecule has 0 radical (unpaired) electrons. The van der Waals surface area contributed by atoms with Gasteiger partial charge in [0.15, 0.2) is 0 Å². The Labute approximate surface area is 357 Å². The maximum atomic E-state index is 13.6. The van der Waals surface area contributed by atoms with Crippen LogP contribution in [0.2, 0.25) is 0 Å². The van der Waals surface area contributed by atoms with E-state index < -0.39 is 30.0 Å². The van der Waals surface area contributed by atoms with Crippen LogP contribution in [0.1, 0.15) is 93.4 Å². The van der Waals surface area contributed by atoms with E-state index >= 15 is 0 Å². The molecule has 0 aliphatic heterocycles. The number of carbonyl (C=O) groups excluding carboxylic acids is 3. The number of esters is 1. The summed E-state index contributed by atoms with van der Waals surface area (Å²) in [6.45, 7) is 5.02. The van der Waals surface area contributed by atoms with E-state index in [9.17, 15) is 33.6 Å². The fourth-order valence-corrected chi connectivity index (χ4v) is 5.22. The average Bonchev–Trinajstić information content (AvgIpc) is 3.56. The summed E-state index contributed by atoms with van der Waals surface area (Å²) in [6, 6.07) is 17.9. The molecule has 2 aromatic heterocycles. The van der Waals surface area contributed by atoms with Crippen LogP contribution in [0.5, 0.6) is 0 Å². The van der Waals surface area contributed by atoms with Gasteiger partial charge in [-0.15, -0.1) is 0 Å². The number of aryl methyl sites for hydroxylation is 1. The number of rotatable bonds is 21. The van der Waals surface area contributed by atoms with Crippen molar-refractivity contribution in [2.24, 2.45) is 17.8 Å². The van der Waals surface area contributed by atoms with E-state index in [1.807, 2.05) is 29.8 Å². The number of carboxylic acid groups (broad SMARTS) is 4. The minimum Gasteiger partial charge on any atom is -0.481 e. The number of amidine groups is 1. The van der Waals surface area contributed by atoms with Crippen molar-refractivity contribution in [2.75, 3.05) is 30.0 Å². The molecule has 0 saturated carbocycles. The number of aliphatic imine (C=N–C) groups is 1. The smallest absolute Gasteiger partial charge is 0.435 e. The number of carbonyl (C=O) groups is 7. The van der Waals surface area contributed by atoms with Gasteiger partial charge in [-0.25, -0.2) is 14.8 Å². The number of ether oxygens (including phenoxy) is 2. The highest BCUT2D eigenvalue weighted by atomic mass is 16.5. The molecule has 0 atom stereocenters. The summed E-state index contributed by atoms with van der Waals surface area (Å²) < 4.78 is 12.1. The molecule has 2 amide bonds. The first-order valence-corrected chi connectivity index (χ1v) is 19.6. The van der Waals surface area contributed by atoms with Gasteiger partial charge in [0.25, 0.3) is 5.91 Å². The average molecular weight is 864 g/mol. The lowest BCUT2D eigenvalue weighted by molar-refractivity contribution is -0.143. The normalized spacial score (nSPS) is 10.6. The van der Waals surface area contributed by atoms with Gasteiger partial charge in [0.1, 0.15) is 17.5 Å². The van der Waals surface area contributed by atoms with Crippen molar-refractivity contribution >= 4 is 70.2 Å². The zero-order chi connectivity index (χ0) is 46.0. The summed E-state index contributed by atoms with van der Waals surface area (Å²) in [5, 5.41) is 34.9. The molecule has 334 valence electrons. The van der Waals surface area contributed by atoms with Crippen LogP contribution in [0.3, 0.4) is 0 Å². The third-order valence-electron chi connectivity index (χ3n) is 8.41. The number of amides is 2. The minimum atomic E-state index is -1.08. The summed E-state index contributed by atoms with van der Waals surface area (Å²) in [5.74, 6) is -3.69. The van der Waals surface area contributed by atoms with Crippen molar-refractivity contribution in [3.05, 3.63) is 83.8 Å². The molecule has 4 rings (SSSR count). The zero-order valence-corrected chi connectivity index (χ0v) is 34.8. The third-order valence-corrected chi connectivity index (χ3v) is 8.41. The number of pyridine rings is 1. The molecule has 0 spiro atoms. The number of aliphatic carboxylic acids is 4. The van der Waals surface area contributed by atoms with Gasteiger partial charge in [-0.05, 0) is 67.9 Å². The second-order valence-corrected chi connectivity index (χ2v) is 13.2. The van der Waals surface area contributed by atoms with Crippen LogP contribution >= 0.6 is 0 Å². The highest BCUT2D eigenvalue weighted by molar-refractivity contribution is 6.07. The van der Waals surface area contributed by atoms with Crippen molar-refractivity contribution < 1.29 is 63.5 Å². The van der Waals surface area contributed by atoms with Gasteiger partial charge in [-0.2, -0.15) is 4.99 Å². The van der Waals surface area contributed by atoms with Gasteiger partial charge in [0.05, 0.1) is 62.9 Å². The number of carboxylic acids is 4. The Kier molecular flexibility index (Phi) is 22.4. The van der Waals surface area contributed by atoms with Gasteiger partial charge >= 0.3 is 35.9 Å². The number of aromatic nitrogens is 3. The highest BCUT2D eigenvalue weighted by Gasteiger charge is 2.21.